The molecule has 2 N–H and O–H groups in total. The maximum atomic E-state index is 11.4. The molecule has 3 heteroatoms. The van der Waals surface area contributed by atoms with Crippen LogP contribution in [-0.4, -0.2) is 24.0 Å². The number of carbonyl (C=O) groups excluding carboxylic acids is 1. The molecule has 78 valence electrons. The summed E-state index contributed by atoms with van der Waals surface area (Å²) in [6.45, 7) is 10.0. The van der Waals surface area contributed by atoms with Gasteiger partial charge in [0.25, 0.3) is 0 Å². The quantitative estimate of drug-likeness (QED) is 0.679. The van der Waals surface area contributed by atoms with Crippen LogP contribution in [-0.2, 0) is 4.79 Å². The molecule has 0 aromatic heterocycles. The molecule has 0 saturated heterocycles. The van der Waals surface area contributed by atoms with Gasteiger partial charge in [-0.25, -0.2) is 0 Å². The number of amides is 1. The second-order valence-corrected chi connectivity index (χ2v) is 3.86. The Morgan fingerprint density at radius 3 is 2.15 bits per heavy atom. The molecule has 0 aliphatic carbocycles. The van der Waals surface area contributed by atoms with Crippen LogP contribution in [0.2, 0.25) is 0 Å². The molecular weight excluding hydrogens is 164 g/mol. The van der Waals surface area contributed by atoms with E-state index in [2.05, 4.69) is 24.5 Å². The van der Waals surface area contributed by atoms with Crippen LogP contribution in [0.4, 0.5) is 0 Å². The van der Waals surface area contributed by atoms with E-state index in [0.29, 0.717) is 6.04 Å². The predicted octanol–water partition coefficient (Wildman–Crippen LogP) is 1.29. The summed E-state index contributed by atoms with van der Waals surface area (Å²) in [7, 11) is 0. The van der Waals surface area contributed by atoms with Gasteiger partial charge < -0.3 is 10.6 Å². The monoisotopic (exact) mass is 186 g/mol. The van der Waals surface area contributed by atoms with Gasteiger partial charge in [-0.3, -0.25) is 4.79 Å². The van der Waals surface area contributed by atoms with E-state index in [-0.39, 0.29) is 18.0 Å². The van der Waals surface area contributed by atoms with Crippen molar-refractivity contribution in [3.63, 3.8) is 0 Å². The van der Waals surface area contributed by atoms with Gasteiger partial charge in [0.1, 0.15) is 0 Å². The molecule has 0 aromatic rings. The molecule has 0 aliphatic rings. The Hall–Kier alpha value is -0.570. The Bertz CT molecular complexity index is 157. The summed E-state index contributed by atoms with van der Waals surface area (Å²) in [6, 6.07) is 0.513. The van der Waals surface area contributed by atoms with Crippen molar-refractivity contribution >= 4 is 5.91 Å². The van der Waals surface area contributed by atoms with Crippen LogP contribution in [0.3, 0.4) is 0 Å². The Kier molecular flexibility index (Phi) is 5.71. The lowest BCUT2D eigenvalue weighted by Gasteiger charge is -2.19. The summed E-state index contributed by atoms with van der Waals surface area (Å²) in [4.78, 5) is 11.4. The maximum Gasteiger partial charge on any atom is 0.237 e. The molecule has 13 heavy (non-hydrogen) atoms. The average molecular weight is 186 g/mol. The van der Waals surface area contributed by atoms with E-state index in [9.17, 15) is 4.79 Å². The molecule has 0 rings (SSSR count). The molecule has 0 aliphatic heterocycles. The van der Waals surface area contributed by atoms with E-state index in [0.717, 1.165) is 6.42 Å². The summed E-state index contributed by atoms with van der Waals surface area (Å²) < 4.78 is 0. The minimum atomic E-state index is -0.0997. The van der Waals surface area contributed by atoms with Crippen molar-refractivity contribution in [3.05, 3.63) is 0 Å². The molecule has 0 spiro atoms. The average Bonchev–Trinajstić information content (AvgIpc) is 2.02. The highest BCUT2D eigenvalue weighted by Gasteiger charge is 2.14. The molecule has 0 aromatic carbocycles. The van der Waals surface area contributed by atoms with Crippen LogP contribution >= 0.6 is 0 Å². The summed E-state index contributed by atoms with van der Waals surface area (Å²) in [5.74, 6) is 0.0790. The minimum Gasteiger partial charge on any atom is -0.353 e. The Morgan fingerprint density at radius 2 is 1.77 bits per heavy atom. The van der Waals surface area contributed by atoms with E-state index >= 15 is 0 Å². The smallest absolute Gasteiger partial charge is 0.237 e. The number of carbonyl (C=O) groups is 1. The fourth-order valence-electron chi connectivity index (χ4n) is 1.03. The molecule has 0 saturated carbocycles. The van der Waals surface area contributed by atoms with Crippen molar-refractivity contribution in [1.82, 2.24) is 10.6 Å². The van der Waals surface area contributed by atoms with Gasteiger partial charge in [0.05, 0.1) is 6.04 Å². The highest BCUT2D eigenvalue weighted by Crippen LogP contribution is 1.92. The SMILES string of the molecule is CCC(C)NC(C)C(=O)NC(C)C. The van der Waals surface area contributed by atoms with Crippen LogP contribution in [0.25, 0.3) is 0 Å². The van der Waals surface area contributed by atoms with E-state index in [1.165, 1.54) is 0 Å². The molecule has 0 radical (unpaired) electrons. The summed E-state index contributed by atoms with van der Waals surface area (Å²) in [5, 5.41) is 6.09. The first-order valence-corrected chi connectivity index (χ1v) is 5.03. The van der Waals surface area contributed by atoms with E-state index in [1.54, 1.807) is 0 Å². The highest BCUT2D eigenvalue weighted by molar-refractivity contribution is 5.81. The van der Waals surface area contributed by atoms with Crippen molar-refractivity contribution in [2.24, 2.45) is 0 Å². The van der Waals surface area contributed by atoms with Crippen LogP contribution in [0, 0.1) is 0 Å². The molecule has 0 heterocycles. The number of hydrogen-bond acceptors (Lipinski definition) is 2. The van der Waals surface area contributed by atoms with Gasteiger partial charge in [0, 0.05) is 12.1 Å². The fraction of sp³-hybridized carbons (Fsp3) is 0.900. The molecule has 2 unspecified atom stereocenters. The van der Waals surface area contributed by atoms with Crippen molar-refractivity contribution < 1.29 is 4.79 Å². The maximum absolute atomic E-state index is 11.4. The molecule has 1 amide bonds. The zero-order valence-electron chi connectivity index (χ0n) is 9.35. The summed E-state index contributed by atoms with van der Waals surface area (Å²) in [5.41, 5.74) is 0. The van der Waals surface area contributed by atoms with Gasteiger partial charge in [0.2, 0.25) is 5.91 Å². The summed E-state index contributed by atoms with van der Waals surface area (Å²) in [6.07, 6.45) is 1.04. The largest absolute Gasteiger partial charge is 0.353 e. The lowest BCUT2D eigenvalue weighted by atomic mass is 10.2. The van der Waals surface area contributed by atoms with Crippen molar-refractivity contribution in [1.29, 1.82) is 0 Å². The third-order valence-corrected chi connectivity index (χ3v) is 1.97. The first-order chi connectivity index (χ1) is 5.97. The first kappa shape index (κ1) is 12.4. The van der Waals surface area contributed by atoms with Crippen molar-refractivity contribution in [2.75, 3.05) is 0 Å². The standard InChI is InChI=1S/C10H22N2O/c1-6-8(4)12-9(5)10(13)11-7(2)3/h7-9,12H,6H2,1-5H3,(H,11,13). The van der Waals surface area contributed by atoms with Gasteiger partial charge >= 0.3 is 0 Å². The van der Waals surface area contributed by atoms with Crippen LogP contribution in [0.15, 0.2) is 0 Å². The number of hydrogen-bond donors (Lipinski definition) is 2. The van der Waals surface area contributed by atoms with Gasteiger partial charge in [-0.1, -0.05) is 6.92 Å². The number of nitrogens with one attached hydrogen (secondary N) is 2. The topological polar surface area (TPSA) is 41.1 Å². The van der Waals surface area contributed by atoms with Gasteiger partial charge in [-0.15, -0.1) is 0 Å². The second-order valence-electron chi connectivity index (χ2n) is 3.86. The third kappa shape index (κ3) is 5.64. The van der Waals surface area contributed by atoms with E-state index < -0.39 is 0 Å². The Labute approximate surface area is 81.3 Å². The van der Waals surface area contributed by atoms with E-state index in [4.69, 9.17) is 0 Å². The van der Waals surface area contributed by atoms with Crippen LogP contribution in [0.1, 0.15) is 41.0 Å². The van der Waals surface area contributed by atoms with Crippen molar-refractivity contribution in [3.8, 4) is 0 Å². The predicted molar refractivity (Wildman–Crippen MR) is 55.6 cm³/mol. The van der Waals surface area contributed by atoms with Gasteiger partial charge in [-0.2, -0.15) is 0 Å². The zero-order valence-corrected chi connectivity index (χ0v) is 9.35. The van der Waals surface area contributed by atoms with Gasteiger partial charge in [-0.05, 0) is 34.1 Å². The fourth-order valence-corrected chi connectivity index (χ4v) is 1.03. The molecule has 0 bridgehead atoms. The molecular formula is C10H22N2O. The van der Waals surface area contributed by atoms with Crippen molar-refractivity contribution in [2.45, 2.75) is 59.2 Å². The van der Waals surface area contributed by atoms with Crippen LogP contribution in [0.5, 0.6) is 0 Å². The van der Waals surface area contributed by atoms with E-state index in [1.807, 2.05) is 20.8 Å². The second kappa shape index (κ2) is 5.97. The highest BCUT2D eigenvalue weighted by atomic mass is 16.2. The lowest BCUT2D eigenvalue weighted by Crippen LogP contribution is -2.47. The summed E-state index contributed by atoms with van der Waals surface area (Å²) >= 11 is 0. The first-order valence-electron chi connectivity index (χ1n) is 5.03. The zero-order chi connectivity index (χ0) is 10.4. The minimum absolute atomic E-state index is 0.0790. The Morgan fingerprint density at radius 1 is 1.23 bits per heavy atom. The third-order valence-electron chi connectivity index (χ3n) is 1.97. The molecule has 0 fully saturated rings. The number of rotatable bonds is 5. The Balaban J connectivity index is 3.82. The van der Waals surface area contributed by atoms with Gasteiger partial charge in [0.15, 0.2) is 0 Å². The normalized spacial score (nSPS) is 15.5. The molecule has 2 atom stereocenters. The molecule has 3 nitrogen and oxygen atoms in total. The lowest BCUT2D eigenvalue weighted by molar-refractivity contribution is -0.123. The van der Waals surface area contributed by atoms with Crippen LogP contribution < -0.4 is 10.6 Å².